The van der Waals surface area contributed by atoms with Crippen molar-refractivity contribution in [2.75, 3.05) is 13.1 Å². The van der Waals surface area contributed by atoms with E-state index in [0.29, 0.717) is 16.0 Å². The third-order valence-corrected chi connectivity index (χ3v) is 3.69. The van der Waals surface area contributed by atoms with E-state index in [1.807, 2.05) is 0 Å². The van der Waals surface area contributed by atoms with Gasteiger partial charge in [-0.3, -0.25) is 0 Å². The molecule has 1 aromatic rings. The first-order valence-corrected chi connectivity index (χ1v) is 8.26. The van der Waals surface area contributed by atoms with E-state index in [0.717, 1.165) is 5.56 Å². The predicted octanol–water partition coefficient (Wildman–Crippen LogP) is 3.37. The molecule has 2 rings (SSSR count). The monoisotopic (exact) mass is 404 g/mol. The first-order valence-electron chi connectivity index (χ1n) is 7.09. The predicted molar refractivity (Wildman–Crippen MR) is 88.4 cm³/mol. The smallest absolute Gasteiger partial charge is 0.410 e. The number of hydrogen-bond donors (Lipinski definition) is 0. The van der Waals surface area contributed by atoms with E-state index < -0.39 is 23.9 Å². The number of aromatic nitrogens is 1. The summed E-state index contributed by atoms with van der Waals surface area (Å²) in [6.07, 6.45) is -0.992. The van der Waals surface area contributed by atoms with Crippen LogP contribution in [0.15, 0.2) is 16.7 Å². The van der Waals surface area contributed by atoms with Crippen LogP contribution in [0.4, 0.5) is 4.79 Å². The fourth-order valence-electron chi connectivity index (χ4n) is 2.19. The molecule has 1 aromatic heterocycles. The number of rotatable bonds is 2. The highest BCUT2D eigenvalue weighted by Gasteiger charge is 2.34. The van der Waals surface area contributed by atoms with Gasteiger partial charge >= 0.3 is 6.09 Å². The lowest BCUT2D eigenvalue weighted by molar-refractivity contribution is -0.132. The molecule has 1 aliphatic heterocycles. The Morgan fingerprint density at radius 1 is 1.48 bits per heavy atom. The zero-order chi connectivity index (χ0) is 17.2. The van der Waals surface area contributed by atoms with E-state index in [1.54, 1.807) is 32.9 Å². The van der Waals surface area contributed by atoms with Gasteiger partial charge in [0.15, 0.2) is 6.29 Å². The minimum Gasteiger partial charge on any atom is -0.444 e. The molecule has 0 aliphatic carbocycles. The SMILES string of the molecule is CC(C)(C)OC(=O)N1C[C@@H](C=O)O[C@H](c2cc(Cl)nc(Br)c2)C1. The number of morpholine rings is 1. The summed E-state index contributed by atoms with van der Waals surface area (Å²) in [7, 11) is 0. The summed E-state index contributed by atoms with van der Waals surface area (Å²) in [5, 5.41) is 0.301. The van der Waals surface area contributed by atoms with Crippen molar-refractivity contribution >= 4 is 39.9 Å². The Morgan fingerprint density at radius 2 is 2.17 bits per heavy atom. The molecule has 0 unspecified atom stereocenters. The maximum absolute atomic E-state index is 12.3. The van der Waals surface area contributed by atoms with Crippen molar-refractivity contribution in [3.05, 3.63) is 27.5 Å². The van der Waals surface area contributed by atoms with Gasteiger partial charge in [-0.05, 0) is 54.4 Å². The van der Waals surface area contributed by atoms with Gasteiger partial charge in [-0.25, -0.2) is 9.78 Å². The van der Waals surface area contributed by atoms with Crippen molar-refractivity contribution in [3.63, 3.8) is 0 Å². The van der Waals surface area contributed by atoms with Crippen molar-refractivity contribution in [3.8, 4) is 0 Å². The maximum atomic E-state index is 12.3. The highest BCUT2D eigenvalue weighted by atomic mass is 79.9. The van der Waals surface area contributed by atoms with Crippen LogP contribution in [-0.2, 0) is 14.3 Å². The highest BCUT2D eigenvalue weighted by molar-refractivity contribution is 9.10. The molecule has 0 aromatic carbocycles. The van der Waals surface area contributed by atoms with Gasteiger partial charge in [0.05, 0.1) is 13.1 Å². The summed E-state index contributed by atoms with van der Waals surface area (Å²) in [4.78, 5) is 28.9. The number of aldehydes is 1. The molecule has 1 amide bonds. The van der Waals surface area contributed by atoms with Gasteiger partial charge in [-0.2, -0.15) is 0 Å². The average Bonchev–Trinajstić information content (AvgIpc) is 2.44. The fraction of sp³-hybridized carbons (Fsp3) is 0.533. The molecule has 0 N–H and O–H groups in total. The fourth-order valence-corrected chi connectivity index (χ4v) is 2.97. The Morgan fingerprint density at radius 3 is 2.74 bits per heavy atom. The molecular formula is C15H18BrClN2O4. The first-order chi connectivity index (χ1) is 10.7. The number of nitrogens with zero attached hydrogens (tertiary/aromatic N) is 2. The number of carbonyl (C=O) groups is 2. The zero-order valence-corrected chi connectivity index (χ0v) is 15.4. The number of hydrogen-bond acceptors (Lipinski definition) is 5. The van der Waals surface area contributed by atoms with Crippen molar-refractivity contribution in [1.29, 1.82) is 0 Å². The summed E-state index contributed by atoms with van der Waals surface area (Å²) < 4.78 is 11.6. The van der Waals surface area contributed by atoms with Crippen LogP contribution >= 0.6 is 27.5 Å². The van der Waals surface area contributed by atoms with E-state index >= 15 is 0 Å². The molecule has 8 heteroatoms. The van der Waals surface area contributed by atoms with E-state index in [2.05, 4.69) is 20.9 Å². The third-order valence-electron chi connectivity index (χ3n) is 3.09. The molecule has 2 heterocycles. The number of pyridine rings is 1. The lowest BCUT2D eigenvalue weighted by atomic mass is 10.1. The van der Waals surface area contributed by atoms with E-state index in [4.69, 9.17) is 21.1 Å². The van der Waals surface area contributed by atoms with Gasteiger partial charge in [0.2, 0.25) is 0 Å². The molecule has 0 bridgehead atoms. The molecule has 0 spiro atoms. The molecule has 1 saturated heterocycles. The Balaban J connectivity index is 2.21. The molecule has 1 aliphatic rings. The normalized spacial score (nSPS) is 21.9. The van der Waals surface area contributed by atoms with Gasteiger partial charge in [-0.15, -0.1) is 0 Å². The van der Waals surface area contributed by atoms with Crippen LogP contribution < -0.4 is 0 Å². The van der Waals surface area contributed by atoms with Crippen LogP contribution in [0, 0.1) is 0 Å². The van der Waals surface area contributed by atoms with Crippen LogP contribution in [0.5, 0.6) is 0 Å². The van der Waals surface area contributed by atoms with Crippen molar-refractivity contribution in [2.45, 2.75) is 38.6 Å². The third kappa shape index (κ3) is 5.16. The van der Waals surface area contributed by atoms with Crippen molar-refractivity contribution < 1.29 is 19.1 Å². The van der Waals surface area contributed by atoms with Gasteiger partial charge in [0.25, 0.3) is 0 Å². The lowest BCUT2D eigenvalue weighted by Crippen LogP contribution is -2.49. The van der Waals surface area contributed by atoms with Gasteiger partial charge in [0.1, 0.15) is 27.6 Å². The largest absolute Gasteiger partial charge is 0.444 e. The summed E-state index contributed by atoms with van der Waals surface area (Å²) >= 11 is 9.22. The molecule has 126 valence electrons. The van der Waals surface area contributed by atoms with Crippen LogP contribution in [0.1, 0.15) is 32.4 Å². The Kier molecular flexibility index (Phi) is 5.65. The molecule has 1 fully saturated rings. The Labute approximate surface area is 148 Å². The minimum atomic E-state index is -0.716. The summed E-state index contributed by atoms with van der Waals surface area (Å²) in [5.41, 5.74) is 0.127. The van der Waals surface area contributed by atoms with Gasteiger partial charge in [0, 0.05) is 0 Å². The van der Waals surface area contributed by atoms with Crippen LogP contribution in [0.2, 0.25) is 5.15 Å². The van der Waals surface area contributed by atoms with Gasteiger partial charge < -0.3 is 19.2 Å². The highest BCUT2D eigenvalue weighted by Crippen LogP contribution is 2.29. The number of ether oxygens (including phenoxy) is 2. The van der Waals surface area contributed by atoms with E-state index in [-0.39, 0.29) is 13.1 Å². The standard InChI is InChI=1S/C15H18BrClN2O4/c1-15(2,3)23-14(21)19-6-10(8-20)22-11(7-19)9-4-12(16)18-13(17)5-9/h4-5,8,10-11H,6-7H2,1-3H3/t10-,11-/m0/s1. The quantitative estimate of drug-likeness (QED) is 0.557. The first kappa shape index (κ1) is 18.2. The Hall–Kier alpha value is -1.18. The second-order valence-electron chi connectivity index (χ2n) is 6.23. The maximum Gasteiger partial charge on any atom is 0.410 e. The molecule has 6 nitrogen and oxygen atoms in total. The average molecular weight is 406 g/mol. The van der Waals surface area contributed by atoms with Crippen molar-refractivity contribution in [1.82, 2.24) is 9.88 Å². The molecule has 0 saturated carbocycles. The molecular weight excluding hydrogens is 388 g/mol. The number of amides is 1. The van der Waals surface area contributed by atoms with Crippen LogP contribution in [0.3, 0.4) is 0 Å². The van der Waals surface area contributed by atoms with E-state index in [1.165, 1.54) is 4.90 Å². The topological polar surface area (TPSA) is 68.7 Å². The molecule has 0 radical (unpaired) electrons. The molecule has 2 atom stereocenters. The summed E-state index contributed by atoms with van der Waals surface area (Å²) in [6.45, 7) is 5.81. The second kappa shape index (κ2) is 7.15. The number of carbonyl (C=O) groups excluding carboxylic acids is 2. The van der Waals surface area contributed by atoms with Gasteiger partial charge in [-0.1, -0.05) is 11.6 Å². The van der Waals surface area contributed by atoms with Crippen LogP contribution in [0.25, 0.3) is 0 Å². The minimum absolute atomic E-state index is 0.162. The van der Waals surface area contributed by atoms with Crippen LogP contribution in [-0.4, -0.2) is 47.1 Å². The summed E-state index contributed by atoms with van der Waals surface area (Å²) in [6, 6.07) is 3.40. The second-order valence-corrected chi connectivity index (χ2v) is 7.43. The number of halogens is 2. The summed E-state index contributed by atoms with van der Waals surface area (Å²) in [5.74, 6) is 0. The van der Waals surface area contributed by atoms with E-state index in [9.17, 15) is 9.59 Å². The molecule has 23 heavy (non-hydrogen) atoms. The zero-order valence-electron chi connectivity index (χ0n) is 13.1. The Bertz CT molecular complexity index is 585. The lowest BCUT2D eigenvalue weighted by Gasteiger charge is -2.37. The van der Waals surface area contributed by atoms with Crippen molar-refractivity contribution in [2.24, 2.45) is 0 Å².